The highest BCUT2D eigenvalue weighted by Gasteiger charge is 2.14. The Morgan fingerprint density at radius 3 is 2.00 bits per heavy atom. The maximum absolute atomic E-state index is 12.4. The van der Waals surface area contributed by atoms with Gasteiger partial charge in [-0.05, 0) is 60.9 Å². The van der Waals surface area contributed by atoms with Crippen LogP contribution >= 0.6 is 0 Å². The largest absolute Gasteiger partial charge is 0.490 e. The molecule has 0 saturated carbocycles. The maximum atomic E-state index is 12.4. The van der Waals surface area contributed by atoms with Crippen LogP contribution in [0.4, 0.5) is 5.69 Å². The van der Waals surface area contributed by atoms with Crippen LogP contribution in [0.5, 0.6) is 5.75 Å². The molecular formula is C33H39NO5. The van der Waals surface area contributed by atoms with Gasteiger partial charge in [-0.1, -0.05) is 63.4 Å². The molecule has 3 aromatic carbocycles. The lowest BCUT2D eigenvalue weighted by Crippen LogP contribution is -2.25. The molecule has 6 heteroatoms. The molecule has 0 aromatic heterocycles. The summed E-state index contributed by atoms with van der Waals surface area (Å²) in [7, 11) is 2.09. The van der Waals surface area contributed by atoms with E-state index in [1.165, 1.54) is 19.3 Å². The van der Waals surface area contributed by atoms with Gasteiger partial charge >= 0.3 is 5.97 Å². The molecule has 0 spiro atoms. The van der Waals surface area contributed by atoms with Crippen molar-refractivity contribution in [2.75, 3.05) is 31.7 Å². The topological polar surface area (TPSA) is 72.9 Å². The van der Waals surface area contributed by atoms with Gasteiger partial charge in [0.05, 0.1) is 12.0 Å². The normalized spacial score (nSPS) is 11.5. The van der Waals surface area contributed by atoms with Crippen LogP contribution in [-0.4, -0.2) is 44.3 Å². The van der Waals surface area contributed by atoms with Crippen LogP contribution in [0.3, 0.4) is 0 Å². The second kappa shape index (κ2) is 15.5. The quantitative estimate of drug-likeness (QED) is 0.0858. The van der Waals surface area contributed by atoms with Crippen molar-refractivity contribution in [1.29, 1.82) is 0 Å². The van der Waals surface area contributed by atoms with Gasteiger partial charge in [-0.15, -0.1) is 0 Å². The van der Waals surface area contributed by atoms with Gasteiger partial charge in [-0.2, -0.15) is 0 Å². The average Bonchev–Trinajstić information content (AvgIpc) is 2.98. The van der Waals surface area contributed by atoms with Crippen molar-refractivity contribution < 1.29 is 23.9 Å². The summed E-state index contributed by atoms with van der Waals surface area (Å²) in [4.78, 5) is 39.4. The number of carbonyl (C=O) groups is 3. The Bertz CT molecular complexity index is 1190. The Hall–Kier alpha value is -3.93. The Labute approximate surface area is 231 Å². The predicted molar refractivity (Wildman–Crippen MR) is 155 cm³/mol. The van der Waals surface area contributed by atoms with Gasteiger partial charge in [-0.25, -0.2) is 4.79 Å². The van der Waals surface area contributed by atoms with E-state index in [1.54, 1.807) is 60.7 Å². The van der Waals surface area contributed by atoms with Gasteiger partial charge in [0.15, 0.2) is 11.6 Å². The van der Waals surface area contributed by atoms with Gasteiger partial charge in [0.2, 0.25) is 0 Å². The van der Waals surface area contributed by atoms with Crippen LogP contribution in [0, 0.1) is 5.92 Å². The van der Waals surface area contributed by atoms with Gasteiger partial charge in [0, 0.05) is 30.4 Å². The first-order chi connectivity index (χ1) is 18.9. The first kappa shape index (κ1) is 29.6. The molecule has 0 radical (unpaired) electrons. The number of hydrogen-bond donors (Lipinski definition) is 0. The molecule has 1 atom stereocenters. The fourth-order valence-electron chi connectivity index (χ4n) is 4.35. The number of esters is 1. The number of ketones is 2. The molecule has 0 saturated heterocycles. The molecule has 3 rings (SSSR count). The average molecular weight is 530 g/mol. The van der Waals surface area contributed by atoms with Crippen LogP contribution in [0.1, 0.15) is 77.0 Å². The van der Waals surface area contributed by atoms with Crippen LogP contribution in [0.25, 0.3) is 0 Å². The predicted octanol–water partition coefficient (Wildman–Crippen LogP) is 7.03. The minimum atomic E-state index is -0.397. The summed E-state index contributed by atoms with van der Waals surface area (Å²) in [5.41, 5.74) is 2.54. The van der Waals surface area contributed by atoms with Crippen molar-refractivity contribution in [3.63, 3.8) is 0 Å². The van der Waals surface area contributed by atoms with Gasteiger partial charge in [0.1, 0.15) is 19.0 Å². The lowest BCUT2D eigenvalue weighted by atomic mass is 9.98. The summed E-state index contributed by atoms with van der Waals surface area (Å²) in [5, 5.41) is 0. The fraction of sp³-hybridized carbons (Fsp3) is 0.364. The third-order valence-corrected chi connectivity index (χ3v) is 6.80. The molecule has 0 heterocycles. The van der Waals surface area contributed by atoms with Crippen LogP contribution < -0.4 is 9.64 Å². The van der Waals surface area contributed by atoms with Crippen molar-refractivity contribution >= 4 is 23.2 Å². The monoisotopic (exact) mass is 529 g/mol. The van der Waals surface area contributed by atoms with E-state index in [1.807, 2.05) is 18.2 Å². The van der Waals surface area contributed by atoms with Crippen LogP contribution in [-0.2, 0) is 4.74 Å². The molecule has 6 nitrogen and oxygen atoms in total. The van der Waals surface area contributed by atoms with E-state index in [4.69, 9.17) is 9.47 Å². The van der Waals surface area contributed by atoms with Gasteiger partial charge < -0.3 is 14.4 Å². The second-order valence-corrected chi connectivity index (χ2v) is 9.74. The van der Waals surface area contributed by atoms with Gasteiger partial charge in [0.25, 0.3) is 0 Å². The Balaban J connectivity index is 1.40. The number of hydrogen-bond acceptors (Lipinski definition) is 6. The standard InChI is InChI=1S/C33H39NO5/c1-4-6-10-25(5-2)24-34(3)29-17-13-28(14-18-29)33(37)39-22-21-38-30-19-15-27(16-20-30)32(36)23-31(35)26-11-8-7-9-12-26/h7-9,11-20,25H,4-6,10,21-24H2,1-3H3. The zero-order valence-electron chi connectivity index (χ0n) is 23.2. The zero-order valence-corrected chi connectivity index (χ0v) is 23.2. The fourth-order valence-corrected chi connectivity index (χ4v) is 4.35. The molecule has 0 N–H and O–H groups in total. The number of anilines is 1. The number of Topliss-reactive ketones (excluding diaryl/α,β-unsaturated/α-hetero) is 2. The Morgan fingerprint density at radius 2 is 1.38 bits per heavy atom. The highest BCUT2D eigenvalue weighted by Crippen LogP contribution is 2.20. The molecule has 0 amide bonds. The van der Waals surface area contributed by atoms with Crippen molar-refractivity contribution in [3.8, 4) is 5.75 Å². The Morgan fingerprint density at radius 1 is 0.769 bits per heavy atom. The van der Waals surface area contributed by atoms with Crippen LogP contribution in [0.2, 0.25) is 0 Å². The van der Waals surface area contributed by atoms with E-state index in [0.717, 1.165) is 18.7 Å². The van der Waals surface area contributed by atoms with E-state index in [0.29, 0.717) is 28.4 Å². The molecule has 0 aliphatic rings. The second-order valence-electron chi connectivity index (χ2n) is 9.74. The zero-order chi connectivity index (χ0) is 28.0. The smallest absolute Gasteiger partial charge is 0.338 e. The molecule has 0 aliphatic heterocycles. The van der Waals surface area contributed by atoms with Crippen molar-refractivity contribution in [2.24, 2.45) is 5.92 Å². The number of rotatable bonds is 16. The number of unbranched alkanes of at least 4 members (excludes halogenated alkanes) is 1. The Kier molecular flexibility index (Phi) is 11.8. The third kappa shape index (κ3) is 9.40. The summed E-state index contributed by atoms with van der Waals surface area (Å²) in [6.45, 7) is 5.74. The molecule has 0 aliphatic carbocycles. The van der Waals surface area contributed by atoms with Gasteiger partial charge in [-0.3, -0.25) is 9.59 Å². The number of carbonyl (C=O) groups excluding carboxylic acids is 3. The number of nitrogens with zero attached hydrogens (tertiary/aromatic N) is 1. The number of ether oxygens (including phenoxy) is 2. The molecule has 1 unspecified atom stereocenters. The van der Waals surface area contributed by atoms with E-state index in [9.17, 15) is 14.4 Å². The molecule has 206 valence electrons. The molecule has 3 aromatic rings. The highest BCUT2D eigenvalue weighted by atomic mass is 16.6. The van der Waals surface area contributed by atoms with Crippen molar-refractivity contribution in [2.45, 2.75) is 46.0 Å². The van der Waals surface area contributed by atoms with E-state index < -0.39 is 5.97 Å². The first-order valence-corrected chi connectivity index (χ1v) is 13.7. The minimum Gasteiger partial charge on any atom is -0.490 e. The molecule has 0 fully saturated rings. The maximum Gasteiger partial charge on any atom is 0.338 e. The number of benzene rings is 3. The third-order valence-electron chi connectivity index (χ3n) is 6.80. The molecule has 0 bridgehead atoms. The summed E-state index contributed by atoms with van der Waals surface area (Å²) in [6, 6.07) is 22.9. The SMILES string of the molecule is CCCCC(CC)CN(C)c1ccc(C(=O)OCCOc2ccc(C(=O)CC(=O)c3ccccc3)cc2)cc1. The summed E-state index contributed by atoms with van der Waals surface area (Å²) < 4.78 is 11.0. The highest BCUT2D eigenvalue weighted by molar-refractivity contribution is 6.13. The van der Waals surface area contributed by atoms with Crippen molar-refractivity contribution in [3.05, 3.63) is 95.6 Å². The van der Waals surface area contributed by atoms with E-state index in [-0.39, 0.29) is 31.2 Å². The summed E-state index contributed by atoms with van der Waals surface area (Å²) >= 11 is 0. The summed E-state index contributed by atoms with van der Waals surface area (Å²) in [5.74, 6) is 0.361. The van der Waals surface area contributed by atoms with Crippen molar-refractivity contribution in [1.82, 2.24) is 0 Å². The minimum absolute atomic E-state index is 0.0996. The molecule has 39 heavy (non-hydrogen) atoms. The molecular weight excluding hydrogens is 490 g/mol. The lowest BCUT2D eigenvalue weighted by Gasteiger charge is -2.25. The van der Waals surface area contributed by atoms with Crippen LogP contribution in [0.15, 0.2) is 78.9 Å². The lowest BCUT2D eigenvalue weighted by molar-refractivity contribution is 0.0450. The summed E-state index contributed by atoms with van der Waals surface area (Å²) in [6.07, 6.45) is 4.68. The first-order valence-electron chi connectivity index (χ1n) is 13.7. The van der Waals surface area contributed by atoms with E-state index in [2.05, 4.69) is 25.8 Å². The van der Waals surface area contributed by atoms with E-state index >= 15 is 0 Å².